The third-order valence-corrected chi connectivity index (χ3v) is 4.01. The lowest BCUT2D eigenvalue weighted by Crippen LogP contribution is -2.35. The zero-order valence-corrected chi connectivity index (χ0v) is 14.8. The summed E-state index contributed by atoms with van der Waals surface area (Å²) in [7, 11) is 0. The maximum Gasteiger partial charge on any atom is 0.320 e. The van der Waals surface area contributed by atoms with Gasteiger partial charge in [-0.3, -0.25) is 5.32 Å². The van der Waals surface area contributed by atoms with Gasteiger partial charge >= 0.3 is 12.6 Å². The summed E-state index contributed by atoms with van der Waals surface area (Å²) in [6.45, 7) is -2.39. The first kappa shape index (κ1) is 19.4. The van der Waals surface area contributed by atoms with Gasteiger partial charge in [0.05, 0.1) is 30.6 Å². The average molecular weight is 387 g/mol. The number of fused-ring (bicyclic) bond motifs is 2. The number of hydrogen-bond acceptors (Lipinski definition) is 5. The predicted octanol–water partition coefficient (Wildman–Crippen LogP) is 3.62. The van der Waals surface area contributed by atoms with Crippen LogP contribution in [0.5, 0.6) is 0 Å². The number of ether oxygens (including phenoxy) is 1. The first-order chi connectivity index (χ1) is 13.6. The highest BCUT2D eigenvalue weighted by Crippen LogP contribution is 2.25. The molecule has 1 aromatic carbocycles. The Morgan fingerprint density at radius 2 is 2.11 bits per heavy atom. The molecule has 1 atom stereocenters. The number of urea groups is 1. The number of benzene rings is 1. The Hall–Kier alpha value is -3.33. The molecule has 146 valence electrons. The van der Waals surface area contributed by atoms with Gasteiger partial charge < -0.3 is 20.8 Å². The number of amides is 2. The molecule has 0 radical (unpaired) electrons. The number of anilines is 2. The maximum atomic E-state index is 12.8. The van der Waals surface area contributed by atoms with Gasteiger partial charge in [0.1, 0.15) is 5.82 Å². The van der Waals surface area contributed by atoms with E-state index in [0.29, 0.717) is 0 Å². The van der Waals surface area contributed by atoms with Crippen molar-refractivity contribution in [1.29, 1.82) is 5.41 Å². The van der Waals surface area contributed by atoms with Crippen LogP contribution in [0.15, 0.2) is 42.5 Å². The molecule has 2 amide bonds. The van der Waals surface area contributed by atoms with Crippen molar-refractivity contribution in [2.75, 3.05) is 23.8 Å². The van der Waals surface area contributed by atoms with Crippen molar-refractivity contribution in [3.8, 4) is 0 Å². The fourth-order valence-corrected chi connectivity index (χ4v) is 2.78. The maximum absolute atomic E-state index is 12.8. The van der Waals surface area contributed by atoms with E-state index in [9.17, 15) is 13.6 Å². The highest BCUT2D eigenvalue weighted by atomic mass is 19.3. The second-order valence-electron chi connectivity index (χ2n) is 5.95. The van der Waals surface area contributed by atoms with Crippen LogP contribution in [-0.2, 0) is 4.74 Å². The van der Waals surface area contributed by atoms with E-state index in [2.05, 4.69) is 15.6 Å². The summed E-state index contributed by atoms with van der Waals surface area (Å²) in [5, 5.41) is 14.9. The Bertz CT molecular complexity index is 874. The Kier molecular flexibility index (Phi) is 6.28. The first-order valence-electron chi connectivity index (χ1n) is 8.54. The number of carbonyl (C=O) groups excluding carboxylic acids is 1. The number of halogens is 2. The minimum Gasteiger partial charge on any atom is -0.375 e. The SMILES string of the molecule is N=Cc1cc2nc(c1NC(F)F)/C=C\COC[C@H](c1ccccc1)NC(=O)N2. The molecule has 0 aliphatic carbocycles. The van der Waals surface area contributed by atoms with E-state index in [4.69, 9.17) is 10.1 Å². The molecule has 1 aliphatic heterocycles. The van der Waals surface area contributed by atoms with Gasteiger partial charge in [-0.25, -0.2) is 9.78 Å². The molecular weight excluding hydrogens is 368 g/mol. The second kappa shape index (κ2) is 9.05. The van der Waals surface area contributed by atoms with Gasteiger partial charge in [-0.2, -0.15) is 8.78 Å². The van der Waals surface area contributed by atoms with Crippen molar-refractivity contribution in [1.82, 2.24) is 10.3 Å². The summed E-state index contributed by atoms with van der Waals surface area (Å²) in [5.74, 6) is 0.142. The quantitative estimate of drug-likeness (QED) is 0.476. The molecule has 2 heterocycles. The Labute approximate surface area is 160 Å². The Morgan fingerprint density at radius 3 is 2.82 bits per heavy atom. The van der Waals surface area contributed by atoms with Crippen molar-refractivity contribution >= 4 is 29.8 Å². The highest BCUT2D eigenvalue weighted by molar-refractivity contribution is 5.94. The normalized spacial score (nSPS) is 18.2. The number of rotatable bonds is 4. The molecule has 0 spiro atoms. The van der Waals surface area contributed by atoms with Gasteiger partial charge in [0.15, 0.2) is 0 Å². The predicted molar refractivity (Wildman–Crippen MR) is 103 cm³/mol. The molecule has 3 rings (SSSR count). The minimum atomic E-state index is -2.82. The van der Waals surface area contributed by atoms with Crippen LogP contribution < -0.4 is 16.0 Å². The second-order valence-corrected chi connectivity index (χ2v) is 5.95. The van der Waals surface area contributed by atoms with E-state index in [1.807, 2.05) is 35.6 Å². The van der Waals surface area contributed by atoms with E-state index in [1.54, 1.807) is 6.08 Å². The third kappa shape index (κ3) is 4.89. The number of nitrogens with zero attached hydrogens (tertiary/aromatic N) is 1. The van der Waals surface area contributed by atoms with E-state index < -0.39 is 12.6 Å². The first-order valence-corrected chi connectivity index (χ1v) is 8.54. The number of hydrogen-bond donors (Lipinski definition) is 4. The minimum absolute atomic E-state index is 0.00595. The third-order valence-electron chi connectivity index (χ3n) is 4.01. The van der Waals surface area contributed by atoms with E-state index >= 15 is 0 Å². The number of carbonyl (C=O) groups is 1. The van der Waals surface area contributed by atoms with Crippen LogP contribution in [-0.4, -0.2) is 37.0 Å². The largest absolute Gasteiger partial charge is 0.375 e. The number of alkyl halides is 2. The van der Waals surface area contributed by atoms with E-state index in [1.165, 1.54) is 12.1 Å². The van der Waals surface area contributed by atoms with Gasteiger partial charge in [-0.1, -0.05) is 36.4 Å². The molecule has 0 saturated carbocycles. The molecule has 1 aromatic heterocycles. The summed E-state index contributed by atoms with van der Waals surface area (Å²) >= 11 is 0. The zero-order valence-electron chi connectivity index (χ0n) is 14.8. The van der Waals surface area contributed by atoms with Crippen LogP contribution in [0.1, 0.15) is 22.9 Å². The molecule has 2 aromatic rings. The van der Waals surface area contributed by atoms with E-state index in [-0.39, 0.29) is 42.0 Å². The Balaban J connectivity index is 1.92. The van der Waals surface area contributed by atoms with Crippen LogP contribution in [0.3, 0.4) is 0 Å². The van der Waals surface area contributed by atoms with Crippen LogP contribution >= 0.6 is 0 Å². The Morgan fingerprint density at radius 1 is 1.32 bits per heavy atom. The number of aromatic nitrogens is 1. The van der Waals surface area contributed by atoms with Gasteiger partial charge in [0.25, 0.3) is 0 Å². The van der Waals surface area contributed by atoms with Gasteiger partial charge in [-0.05, 0) is 17.7 Å². The van der Waals surface area contributed by atoms with Crippen molar-refractivity contribution in [3.63, 3.8) is 0 Å². The van der Waals surface area contributed by atoms with Crippen LogP contribution in [0.25, 0.3) is 6.08 Å². The highest BCUT2D eigenvalue weighted by Gasteiger charge is 2.18. The number of nitrogens with one attached hydrogen (secondary N) is 4. The van der Waals surface area contributed by atoms with Gasteiger partial charge in [-0.15, -0.1) is 0 Å². The summed E-state index contributed by atoms with van der Waals surface area (Å²) in [6, 6.07) is 9.82. The number of pyridine rings is 1. The summed E-state index contributed by atoms with van der Waals surface area (Å²) in [6.07, 6.45) is 4.07. The van der Waals surface area contributed by atoms with Crippen molar-refractivity contribution < 1.29 is 18.3 Å². The molecule has 28 heavy (non-hydrogen) atoms. The molecule has 4 N–H and O–H groups in total. The molecule has 0 saturated heterocycles. The van der Waals surface area contributed by atoms with Crippen LogP contribution in [0.2, 0.25) is 0 Å². The van der Waals surface area contributed by atoms with Gasteiger partial charge in [0, 0.05) is 11.8 Å². The molecule has 0 fully saturated rings. The van der Waals surface area contributed by atoms with Crippen LogP contribution in [0, 0.1) is 5.41 Å². The van der Waals surface area contributed by atoms with Crippen molar-refractivity contribution in [3.05, 3.63) is 59.3 Å². The average Bonchev–Trinajstić information content (AvgIpc) is 2.67. The monoisotopic (exact) mass is 387 g/mol. The standard InChI is InChI=1S/C19H19F2N5O2/c20-18(21)26-17-13(10-22)9-16-23-14(17)7-4-8-28-11-15(24-19(27)25-16)12-5-2-1-3-6-12/h1-7,9-10,15,18,22,26H,8,11H2,(H2,23,24,25,27)/b7-4-,22-10?/t15-/m1/s1. The molecule has 7 nitrogen and oxygen atoms in total. The molecule has 1 aliphatic rings. The summed E-state index contributed by atoms with van der Waals surface area (Å²) < 4.78 is 31.3. The molecular formula is C19H19F2N5O2. The van der Waals surface area contributed by atoms with Gasteiger partial charge in [0.2, 0.25) is 0 Å². The smallest absolute Gasteiger partial charge is 0.320 e. The lowest BCUT2D eigenvalue weighted by molar-refractivity contribution is 0.138. The fourth-order valence-electron chi connectivity index (χ4n) is 2.78. The van der Waals surface area contributed by atoms with Crippen molar-refractivity contribution in [2.45, 2.75) is 12.6 Å². The molecule has 2 bridgehead atoms. The fraction of sp³-hybridized carbons (Fsp3) is 0.211. The molecule has 0 unspecified atom stereocenters. The van der Waals surface area contributed by atoms with Crippen LogP contribution in [0.4, 0.5) is 25.1 Å². The van der Waals surface area contributed by atoms with Crippen molar-refractivity contribution in [2.24, 2.45) is 0 Å². The zero-order chi connectivity index (χ0) is 19.9. The molecule has 9 heteroatoms. The summed E-state index contributed by atoms with van der Waals surface area (Å²) in [5.41, 5.74) is 1.22. The van der Waals surface area contributed by atoms with E-state index in [0.717, 1.165) is 11.8 Å². The lowest BCUT2D eigenvalue weighted by Gasteiger charge is -2.20. The topological polar surface area (TPSA) is 99.1 Å². The summed E-state index contributed by atoms with van der Waals surface area (Å²) in [4.78, 5) is 16.6. The lowest BCUT2D eigenvalue weighted by atomic mass is 10.1.